The molecule has 1 aromatic heterocycles. The molecule has 1 aromatic carbocycles. The molecule has 2 rings (SSSR count). The van der Waals surface area contributed by atoms with E-state index in [0.717, 1.165) is 20.3 Å². The number of hydrogen-bond acceptors (Lipinski definition) is 3. The second-order valence-electron chi connectivity index (χ2n) is 4.05. The topological polar surface area (TPSA) is 42.4 Å². The van der Waals surface area contributed by atoms with Crippen LogP contribution in [0.15, 0.2) is 45.5 Å². The van der Waals surface area contributed by atoms with Crippen LogP contribution < -0.4 is 4.74 Å². The molecular formula is C14H13Br2NO2. The number of methoxy groups -OCH3 is 1. The largest absolute Gasteiger partial charge is 0.497 e. The molecule has 1 atom stereocenters. The van der Waals surface area contributed by atoms with Gasteiger partial charge in [-0.25, -0.2) is 0 Å². The van der Waals surface area contributed by atoms with Crippen molar-refractivity contribution in [1.29, 1.82) is 0 Å². The van der Waals surface area contributed by atoms with Crippen LogP contribution in [0.2, 0.25) is 0 Å². The third-order valence-corrected chi connectivity index (χ3v) is 4.21. The molecule has 100 valence electrons. The third kappa shape index (κ3) is 3.55. The Kier molecular flexibility index (Phi) is 4.96. The molecule has 0 saturated carbocycles. The van der Waals surface area contributed by atoms with Gasteiger partial charge in [0.15, 0.2) is 0 Å². The molecule has 1 N–H and O–H groups in total. The van der Waals surface area contributed by atoms with E-state index in [1.807, 2.05) is 30.3 Å². The van der Waals surface area contributed by atoms with E-state index < -0.39 is 6.10 Å². The summed E-state index contributed by atoms with van der Waals surface area (Å²) in [4.78, 5) is 4.20. The molecule has 0 fully saturated rings. The average Bonchev–Trinajstić information content (AvgIpc) is 2.41. The maximum absolute atomic E-state index is 10.3. The number of ether oxygens (including phenoxy) is 1. The maximum Gasteiger partial charge on any atom is 0.119 e. The summed E-state index contributed by atoms with van der Waals surface area (Å²) in [7, 11) is 1.62. The van der Waals surface area contributed by atoms with Gasteiger partial charge in [0.25, 0.3) is 0 Å². The molecule has 1 unspecified atom stereocenters. The predicted octanol–water partition coefficient (Wildman–Crippen LogP) is 3.89. The van der Waals surface area contributed by atoms with Crippen LogP contribution >= 0.6 is 31.9 Å². The van der Waals surface area contributed by atoms with Crippen molar-refractivity contribution in [2.75, 3.05) is 7.11 Å². The Balaban J connectivity index is 2.24. The molecule has 0 radical (unpaired) electrons. The summed E-state index contributed by atoms with van der Waals surface area (Å²) in [5, 5.41) is 10.3. The van der Waals surface area contributed by atoms with Crippen LogP contribution in [0.5, 0.6) is 5.75 Å². The van der Waals surface area contributed by atoms with E-state index in [-0.39, 0.29) is 0 Å². The summed E-state index contributed by atoms with van der Waals surface area (Å²) >= 11 is 6.88. The third-order valence-electron chi connectivity index (χ3n) is 2.77. The van der Waals surface area contributed by atoms with Gasteiger partial charge in [-0.15, -0.1) is 0 Å². The number of hydrogen-bond donors (Lipinski definition) is 1. The zero-order chi connectivity index (χ0) is 13.8. The maximum atomic E-state index is 10.3. The first-order chi connectivity index (χ1) is 9.11. The lowest BCUT2D eigenvalue weighted by Gasteiger charge is -2.13. The van der Waals surface area contributed by atoms with E-state index in [4.69, 9.17) is 4.74 Å². The number of aliphatic hydroxyl groups excluding tert-OH is 1. The number of rotatable bonds is 4. The molecule has 0 aliphatic rings. The molecule has 0 spiro atoms. The molecule has 0 bridgehead atoms. The van der Waals surface area contributed by atoms with Crippen LogP contribution in [0.3, 0.4) is 0 Å². The van der Waals surface area contributed by atoms with Crippen LogP contribution in [0.25, 0.3) is 0 Å². The van der Waals surface area contributed by atoms with Gasteiger partial charge in [-0.2, -0.15) is 0 Å². The van der Waals surface area contributed by atoms with Crippen LogP contribution in [-0.2, 0) is 6.42 Å². The standard InChI is InChI=1S/C14H13Br2NO2/c1-19-10-4-5-11(15)9(7-10)8-13(18)14-12(16)3-2-6-17-14/h2-7,13,18H,8H2,1H3. The van der Waals surface area contributed by atoms with Crippen molar-refractivity contribution < 1.29 is 9.84 Å². The van der Waals surface area contributed by atoms with Gasteiger partial charge >= 0.3 is 0 Å². The molecule has 0 amide bonds. The van der Waals surface area contributed by atoms with E-state index in [0.29, 0.717) is 12.1 Å². The van der Waals surface area contributed by atoms with E-state index in [2.05, 4.69) is 36.8 Å². The Morgan fingerprint density at radius 3 is 2.74 bits per heavy atom. The van der Waals surface area contributed by atoms with E-state index in [1.54, 1.807) is 13.3 Å². The molecule has 19 heavy (non-hydrogen) atoms. The Hall–Kier alpha value is -0.910. The lowest BCUT2D eigenvalue weighted by molar-refractivity contribution is 0.172. The van der Waals surface area contributed by atoms with E-state index in [1.165, 1.54) is 0 Å². The fourth-order valence-electron chi connectivity index (χ4n) is 1.78. The molecular weight excluding hydrogens is 374 g/mol. The fraction of sp³-hybridized carbons (Fsp3) is 0.214. The first-order valence-electron chi connectivity index (χ1n) is 5.72. The SMILES string of the molecule is COc1ccc(Br)c(CC(O)c2ncccc2Br)c1. The Bertz CT molecular complexity index is 575. The van der Waals surface area contributed by atoms with Crippen LogP contribution in [0.1, 0.15) is 17.4 Å². The van der Waals surface area contributed by atoms with E-state index >= 15 is 0 Å². The van der Waals surface area contributed by atoms with Crippen molar-refractivity contribution in [3.8, 4) is 5.75 Å². The highest BCUT2D eigenvalue weighted by molar-refractivity contribution is 9.10. The Morgan fingerprint density at radius 2 is 2.05 bits per heavy atom. The quantitative estimate of drug-likeness (QED) is 0.866. The zero-order valence-electron chi connectivity index (χ0n) is 10.3. The minimum absolute atomic E-state index is 0.466. The zero-order valence-corrected chi connectivity index (χ0v) is 13.5. The summed E-state index contributed by atoms with van der Waals surface area (Å²) in [6, 6.07) is 9.38. The van der Waals surface area contributed by atoms with Crippen LogP contribution in [0.4, 0.5) is 0 Å². The van der Waals surface area contributed by atoms with Crippen molar-refractivity contribution in [3.63, 3.8) is 0 Å². The van der Waals surface area contributed by atoms with Gasteiger partial charge < -0.3 is 9.84 Å². The number of benzene rings is 1. The normalized spacial score (nSPS) is 12.2. The average molecular weight is 387 g/mol. The highest BCUT2D eigenvalue weighted by Gasteiger charge is 2.15. The fourth-order valence-corrected chi connectivity index (χ4v) is 2.71. The molecule has 0 saturated heterocycles. The molecule has 0 aliphatic heterocycles. The minimum atomic E-state index is -0.668. The molecule has 2 aromatic rings. The second-order valence-corrected chi connectivity index (χ2v) is 5.76. The highest BCUT2D eigenvalue weighted by atomic mass is 79.9. The van der Waals surface area contributed by atoms with Gasteiger partial charge in [-0.3, -0.25) is 4.98 Å². The lowest BCUT2D eigenvalue weighted by Crippen LogP contribution is -2.05. The number of halogens is 2. The van der Waals surface area contributed by atoms with Gasteiger partial charge in [-0.05, 0) is 51.8 Å². The Labute approximate surface area is 128 Å². The minimum Gasteiger partial charge on any atom is -0.497 e. The predicted molar refractivity (Wildman–Crippen MR) is 81.3 cm³/mol. The Morgan fingerprint density at radius 1 is 1.26 bits per heavy atom. The van der Waals surface area contributed by atoms with Gasteiger partial charge in [0.05, 0.1) is 12.8 Å². The summed E-state index contributed by atoms with van der Waals surface area (Å²) in [6.45, 7) is 0. The van der Waals surface area contributed by atoms with Gasteiger partial charge in [-0.1, -0.05) is 15.9 Å². The van der Waals surface area contributed by atoms with Crippen LogP contribution in [-0.4, -0.2) is 17.2 Å². The smallest absolute Gasteiger partial charge is 0.119 e. The first kappa shape index (κ1) is 14.5. The van der Waals surface area contributed by atoms with Crippen molar-refractivity contribution in [1.82, 2.24) is 4.98 Å². The number of pyridine rings is 1. The lowest BCUT2D eigenvalue weighted by atomic mass is 10.0. The molecule has 3 nitrogen and oxygen atoms in total. The summed E-state index contributed by atoms with van der Waals surface area (Å²) in [6.07, 6.45) is 1.47. The van der Waals surface area contributed by atoms with Crippen molar-refractivity contribution in [2.45, 2.75) is 12.5 Å². The highest BCUT2D eigenvalue weighted by Crippen LogP contribution is 2.29. The molecule has 1 heterocycles. The van der Waals surface area contributed by atoms with Crippen molar-refractivity contribution >= 4 is 31.9 Å². The monoisotopic (exact) mass is 385 g/mol. The van der Waals surface area contributed by atoms with Gasteiger partial charge in [0.2, 0.25) is 0 Å². The summed E-state index contributed by atoms with van der Waals surface area (Å²) in [5.41, 5.74) is 1.61. The molecule has 0 aliphatic carbocycles. The van der Waals surface area contributed by atoms with Gasteiger partial charge in [0.1, 0.15) is 11.9 Å². The first-order valence-corrected chi connectivity index (χ1v) is 7.31. The van der Waals surface area contributed by atoms with Crippen molar-refractivity contribution in [3.05, 3.63) is 56.7 Å². The van der Waals surface area contributed by atoms with Crippen LogP contribution in [0, 0.1) is 0 Å². The molecule has 5 heteroatoms. The second kappa shape index (κ2) is 6.50. The van der Waals surface area contributed by atoms with Gasteiger partial charge in [0, 0.05) is 21.6 Å². The number of nitrogens with zero attached hydrogens (tertiary/aromatic N) is 1. The summed E-state index contributed by atoms with van der Waals surface area (Å²) in [5.74, 6) is 0.769. The number of aliphatic hydroxyl groups is 1. The van der Waals surface area contributed by atoms with Crippen molar-refractivity contribution in [2.24, 2.45) is 0 Å². The van der Waals surface area contributed by atoms with E-state index in [9.17, 15) is 5.11 Å². The summed E-state index contributed by atoms with van der Waals surface area (Å²) < 4.78 is 6.94. The number of aromatic nitrogens is 1.